The molecule has 0 bridgehead atoms. The molecule has 0 atom stereocenters. The van der Waals surface area contributed by atoms with Crippen molar-refractivity contribution in [3.8, 4) is 0 Å². The van der Waals surface area contributed by atoms with Crippen molar-refractivity contribution in [3.05, 3.63) is 33.1 Å². The van der Waals surface area contributed by atoms with Gasteiger partial charge >= 0.3 is 5.97 Å². The number of imidazole rings is 1. The third-order valence-electron chi connectivity index (χ3n) is 2.40. The summed E-state index contributed by atoms with van der Waals surface area (Å²) >= 11 is 9.97. The minimum absolute atomic E-state index is 0.0909. The molecule has 114 valence electrons. The number of aromatic carboxylic acids is 1. The van der Waals surface area contributed by atoms with E-state index in [0.29, 0.717) is 8.81 Å². The first-order chi connectivity index (χ1) is 9.79. The second-order valence-electron chi connectivity index (χ2n) is 3.89. The van der Waals surface area contributed by atoms with Gasteiger partial charge in [0.1, 0.15) is 4.21 Å². The fourth-order valence-electron chi connectivity index (χ4n) is 1.43. The van der Waals surface area contributed by atoms with Crippen molar-refractivity contribution in [1.82, 2.24) is 14.3 Å². The van der Waals surface area contributed by atoms with Crippen LogP contribution in [0.5, 0.6) is 0 Å². The second kappa shape index (κ2) is 6.44. The largest absolute Gasteiger partial charge is 0.476 e. The minimum atomic E-state index is -3.64. The lowest BCUT2D eigenvalue weighted by atomic mass is 10.5. The average Bonchev–Trinajstić information content (AvgIpc) is 2.98. The molecule has 0 amide bonds. The van der Waals surface area contributed by atoms with Crippen LogP contribution in [0.3, 0.4) is 0 Å². The van der Waals surface area contributed by atoms with Crippen LogP contribution in [0.1, 0.15) is 10.5 Å². The lowest BCUT2D eigenvalue weighted by Gasteiger charge is -2.05. The van der Waals surface area contributed by atoms with Crippen molar-refractivity contribution in [2.24, 2.45) is 0 Å². The van der Waals surface area contributed by atoms with Gasteiger partial charge in [0.15, 0.2) is 5.69 Å². The van der Waals surface area contributed by atoms with E-state index in [1.54, 1.807) is 0 Å². The normalized spacial score (nSPS) is 11.7. The number of carboxylic acids is 1. The van der Waals surface area contributed by atoms with Crippen molar-refractivity contribution in [2.75, 3.05) is 6.54 Å². The summed E-state index contributed by atoms with van der Waals surface area (Å²) in [5.41, 5.74) is -0.0909. The van der Waals surface area contributed by atoms with Gasteiger partial charge in [-0.3, -0.25) is 0 Å². The van der Waals surface area contributed by atoms with Gasteiger partial charge < -0.3 is 9.67 Å². The summed E-state index contributed by atoms with van der Waals surface area (Å²) in [4.78, 5) is 14.3. The summed E-state index contributed by atoms with van der Waals surface area (Å²) in [7, 11) is -3.64. The Hall–Kier alpha value is -0.940. The lowest BCUT2D eigenvalue weighted by Crippen LogP contribution is -2.26. The highest BCUT2D eigenvalue weighted by atomic mass is 79.9. The number of nitrogens with zero attached hydrogens (tertiary/aromatic N) is 2. The minimum Gasteiger partial charge on any atom is -0.476 e. The third-order valence-corrected chi connectivity index (χ3v) is 6.81. The van der Waals surface area contributed by atoms with E-state index in [1.165, 1.54) is 23.2 Å². The smallest absolute Gasteiger partial charge is 0.356 e. The molecule has 0 saturated heterocycles. The molecule has 0 fully saturated rings. The second-order valence-corrected chi connectivity index (χ2v) is 8.66. The highest BCUT2D eigenvalue weighted by Gasteiger charge is 2.18. The van der Waals surface area contributed by atoms with Gasteiger partial charge in [-0.15, -0.1) is 11.3 Å². The number of carboxylic acid groups (broad SMARTS) is 1. The van der Waals surface area contributed by atoms with Crippen molar-refractivity contribution < 1.29 is 18.3 Å². The van der Waals surface area contributed by atoms with E-state index >= 15 is 0 Å². The molecule has 7 nitrogen and oxygen atoms in total. The molecule has 0 aliphatic heterocycles. The van der Waals surface area contributed by atoms with Gasteiger partial charge in [0.2, 0.25) is 10.0 Å². The fourth-order valence-corrected chi connectivity index (χ4v) is 4.90. The fraction of sp³-hybridized carbons (Fsp3) is 0.200. The van der Waals surface area contributed by atoms with E-state index in [4.69, 9.17) is 16.7 Å². The van der Waals surface area contributed by atoms with Gasteiger partial charge in [0, 0.05) is 19.3 Å². The predicted octanol–water partition coefficient (Wildman–Crippen LogP) is 2.04. The Balaban J connectivity index is 1.97. The number of nitrogens with one attached hydrogen (secondary N) is 1. The van der Waals surface area contributed by atoms with Crippen molar-refractivity contribution in [1.29, 1.82) is 0 Å². The maximum atomic E-state index is 12.0. The van der Waals surface area contributed by atoms with Gasteiger partial charge in [0.05, 0.1) is 15.1 Å². The van der Waals surface area contributed by atoms with E-state index in [0.717, 1.165) is 11.3 Å². The summed E-state index contributed by atoms with van der Waals surface area (Å²) in [5.74, 6) is -1.13. The summed E-state index contributed by atoms with van der Waals surface area (Å²) in [6.07, 6.45) is 2.66. The molecular formula is C10H9BrClN3O4S2. The molecule has 0 spiro atoms. The maximum Gasteiger partial charge on any atom is 0.356 e. The van der Waals surface area contributed by atoms with Crippen LogP contribution >= 0.6 is 38.9 Å². The standard InChI is InChI=1S/C10H9BrClN3O4S2/c11-9-6(12)3-8(20-9)21(18,19)14-1-2-15-4-7(10(16)17)13-5-15/h3-5,14H,1-2H2,(H,16,17). The van der Waals surface area contributed by atoms with Gasteiger partial charge in [-0.1, -0.05) is 11.6 Å². The Labute approximate surface area is 137 Å². The van der Waals surface area contributed by atoms with Crippen LogP contribution in [0, 0.1) is 0 Å². The van der Waals surface area contributed by atoms with Crippen molar-refractivity contribution in [3.63, 3.8) is 0 Å². The Morgan fingerprint density at radius 1 is 1.57 bits per heavy atom. The number of thiophene rings is 1. The molecule has 0 aliphatic carbocycles. The first-order valence-electron chi connectivity index (χ1n) is 5.49. The van der Waals surface area contributed by atoms with Gasteiger partial charge in [-0.25, -0.2) is 22.9 Å². The van der Waals surface area contributed by atoms with E-state index in [9.17, 15) is 13.2 Å². The van der Waals surface area contributed by atoms with E-state index in [1.807, 2.05) is 0 Å². The number of aromatic nitrogens is 2. The van der Waals surface area contributed by atoms with Crippen LogP contribution in [-0.2, 0) is 16.6 Å². The van der Waals surface area contributed by atoms with Gasteiger partial charge in [-0.05, 0) is 22.0 Å². The number of hydrogen-bond donors (Lipinski definition) is 2. The molecule has 2 aromatic heterocycles. The zero-order valence-corrected chi connectivity index (χ0v) is 14.3. The predicted molar refractivity (Wildman–Crippen MR) is 81.4 cm³/mol. The van der Waals surface area contributed by atoms with Crippen molar-refractivity contribution in [2.45, 2.75) is 10.8 Å². The van der Waals surface area contributed by atoms with Crippen LogP contribution in [0.15, 0.2) is 26.6 Å². The summed E-state index contributed by atoms with van der Waals surface area (Å²) in [5, 5.41) is 9.06. The molecule has 0 saturated carbocycles. The molecule has 0 unspecified atom stereocenters. The molecule has 2 aromatic rings. The molecule has 2 rings (SSSR count). The summed E-state index contributed by atoms with van der Waals surface area (Å²) in [6.45, 7) is 0.366. The Bertz CT molecular complexity index is 752. The zero-order chi connectivity index (χ0) is 15.6. The Kier molecular flexibility index (Phi) is 5.04. The highest BCUT2D eigenvalue weighted by molar-refractivity contribution is 9.11. The monoisotopic (exact) mass is 413 g/mol. The molecule has 0 radical (unpaired) electrons. The van der Waals surface area contributed by atoms with Crippen molar-refractivity contribution >= 4 is 54.9 Å². The number of carbonyl (C=O) groups is 1. The SMILES string of the molecule is O=C(O)c1cn(CCNS(=O)(=O)c2cc(Cl)c(Br)s2)cn1. The Morgan fingerprint density at radius 2 is 2.29 bits per heavy atom. The highest BCUT2D eigenvalue weighted by Crippen LogP contribution is 2.34. The first-order valence-corrected chi connectivity index (χ1v) is 8.96. The van der Waals surface area contributed by atoms with Crippen LogP contribution in [-0.4, -0.2) is 35.6 Å². The first kappa shape index (κ1) is 16.4. The topological polar surface area (TPSA) is 101 Å². The number of sulfonamides is 1. The van der Waals surface area contributed by atoms with E-state index in [2.05, 4.69) is 25.6 Å². The van der Waals surface area contributed by atoms with Crippen LogP contribution in [0.25, 0.3) is 0 Å². The number of hydrogen-bond acceptors (Lipinski definition) is 5. The van der Waals surface area contributed by atoms with Gasteiger partial charge in [0.25, 0.3) is 0 Å². The molecule has 11 heteroatoms. The molecule has 0 aromatic carbocycles. The third kappa shape index (κ3) is 4.04. The molecule has 2 N–H and O–H groups in total. The molecule has 21 heavy (non-hydrogen) atoms. The maximum absolute atomic E-state index is 12.0. The van der Waals surface area contributed by atoms with Crippen LogP contribution in [0.2, 0.25) is 5.02 Å². The summed E-state index contributed by atoms with van der Waals surface area (Å²) < 4.78 is 28.6. The molecular weight excluding hydrogens is 406 g/mol. The van der Waals surface area contributed by atoms with Crippen LogP contribution < -0.4 is 4.72 Å². The average molecular weight is 415 g/mol. The van der Waals surface area contributed by atoms with E-state index < -0.39 is 16.0 Å². The van der Waals surface area contributed by atoms with E-state index in [-0.39, 0.29) is 23.0 Å². The number of halogens is 2. The van der Waals surface area contributed by atoms with Crippen LogP contribution in [0.4, 0.5) is 0 Å². The lowest BCUT2D eigenvalue weighted by molar-refractivity contribution is 0.0691. The molecule has 2 heterocycles. The Morgan fingerprint density at radius 3 is 2.81 bits per heavy atom. The zero-order valence-electron chi connectivity index (χ0n) is 10.3. The summed E-state index contributed by atoms with van der Waals surface area (Å²) in [6, 6.07) is 1.36. The molecule has 0 aliphatic rings. The van der Waals surface area contributed by atoms with Gasteiger partial charge in [-0.2, -0.15) is 0 Å². The quantitative estimate of drug-likeness (QED) is 0.753. The number of rotatable bonds is 6.